The summed E-state index contributed by atoms with van der Waals surface area (Å²) >= 11 is 1.46. The predicted molar refractivity (Wildman–Crippen MR) is 106 cm³/mol. The zero-order valence-corrected chi connectivity index (χ0v) is 16.4. The third-order valence-electron chi connectivity index (χ3n) is 3.92. The van der Waals surface area contributed by atoms with Gasteiger partial charge in [-0.05, 0) is 36.9 Å². The van der Waals surface area contributed by atoms with Crippen molar-refractivity contribution in [3.8, 4) is 10.8 Å². The highest BCUT2D eigenvalue weighted by Gasteiger charge is 2.19. The Kier molecular flexibility index (Phi) is 6.03. The second kappa shape index (κ2) is 8.65. The number of carbonyl (C=O) groups is 2. The molecule has 3 rings (SSSR count). The Bertz CT molecular complexity index is 1060. The fraction of sp³-hybridized carbons (Fsp3) is 0.211. The van der Waals surface area contributed by atoms with Gasteiger partial charge >= 0.3 is 5.97 Å². The maximum absolute atomic E-state index is 12.0. The first-order valence-electron chi connectivity index (χ1n) is 8.54. The summed E-state index contributed by atoms with van der Waals surface area (Å²) < 4.78 is 10.5. The summed E-state index contributed by atoms with van der Waals surface area (Å²) in [4.78, 5) is 39.7. The number of oxazole rings is 1. The minimum absolute atomic E-state index is 0.0367. The van der Waals surface area contributed by atoms with Crippen LogP contribution < -0.4 is 5.32 Å². The van der Waals surface area contributed by atoms with Gasteiger partial charge < -0.3 is 14.5 Å². The van der Waals surface area contributed by atoms with E-state index in [1.807, 2.05) is 17.5 Å². The van der Waals surface area contributed by atoms with E-state index in [0.29, 0.717) is 22.9 Å². The number of nitrogens with zero attached hydrogens (tertiary/aromatic N) is 2. The van der Waals surface area contributed by atoms with Gasteiger partial charge in [-0.1, -0.05) is 12.1 Å². The van der Waals surface area contributed by atoms with Crippen LogP contribution in [0.3, 0.4) is 0 Å². The van der Waals surface area contributed by atoms with Crippen LogP contribution in [0.1, 0.15) is 17.0 Å². The molecule has 2 aromatic heterocycles. The highest BCUT2D eigenvalue weighted by atomic mass is 32.1. The van der Waals surface area contributed by atoms with Crippen molar-refractivity contribution in [2.75, 3.05) is 11.9 Å². The summed E-state index contributed by atoms with van der Waals surface area (Å²) in [5.41, 5.74) is 0.914. The van der Waals surface area contributed by atoms with Gasteiger partial charge in [-0.3, -0.25) is 19.7 Å². The van der Waals surface area contributed by atoms with Crippen molar-refractivity contribution in [1.29, 1.82) is 0 Å². The summed E-state index contributed by atoms with van der Waals surface area (Å²) in [6.07, 6.45) is -0.154. The Morgan fingerprint density at radius 1 is 1.31 bits per heavy atom. The minimum Gasteiger partial charge on any atom is -0.455 e. The standard InChI is InChI=1S/C19H17N3O6S/c1-11-5-6-13(15(8-11)22(25)26)20-17(23)10-27-18(24)9-14-12(2)28-19(21-14)16-4-3-7-29-16/h3-8H,9-10H2,1-2H3,(H,20,23). The normalized spacial score (nSPS) is 10.6. The molecular formula is C19H17N3O6S. The lowest BCUT2D eigenvalue weighted by Gasteiger charge is -2.07. The van der Waals surface area contributed by atoms with Crippen LogP contribution in [0.5, 0.6) is 0 Å². The molecule has 0 aliphatic heterocycles. The van der Waals surface area contributed by atoms with Gasteiger partial charge in [0, 0.05) is 6.07 Å². The molecule has 2 heterocycles. The Balaban J connectivity index is 1.56. The first kappa shape index (κ1) is 20.2. The molecule has 29 heavy (non-hydrogen) atoms. The highest BCUT2D eigenvalue weighted by Crippen LogP contribution is 2.26. The lowest BCUT2D eigenvalue weighted by Crippen LogP contribution is -2.22. The van der Waals surface area contributed by atoms with E-state index in [1.165, 1.54) is 23.5 Å². The molecule has 0 saturated heterocycles. The third kappa shape index (κ3) is 5.05. The quantitative estimate of drug-likeness (QED) is 0.355. The number of carbonyl (C=O) groups excluding carboxylic acids is 2. The van der Waals surface area contributed by atoms with Crippen LogP contribution in [0, 0.1) is 24.0 Å². The summed E-state index contributed by atoms with van der Waals surface area (Å²) in [6, 6.07) is 8.13. The monoisotopic (exact) mass is 415 g/mol. The number of nitro groups is 1. The average molecular weight is 415 g/mol. The average Bonchev–Trinajstić information content (AvgIpc) is 3.32. The molecule has 1 N–H and O–H groups in total. The van der Waals surface area contributed by atoms with Crippen LogP contribution in [0.25, 0.3) is 10.8 Å². The molecule has 1 aromatic carbocycles. The minimum atomic E-state index is -0.679. The second-order valence-electron chi connectivity index (χ2n) is 6.16. The zero-order chi connectivity index (χ0) is 21.0. The van der Waals surface area contributed by atoms with Crippen molar-refractivity contribution in [3.05, 3.63) is 62.8 Å². The van der Waals surface area contributed by atoms with Crippen LogP contribution in [-0.2, 0) is 20.7 Å². The Hall–Kier alpha value is -3.53. The summed E-state index contributed by atoms with van der Waals surface area (Å²) in [7, 11) is 0. The highest BCUT2D eigenvalue weighted by molar-refractivity contribution is 7.13. The van der Waals surface area contributed by atoms with E-state index in [2.05, 4.69) is 10.3 Å². The zero-order valence-electron chi connectivity index (χ0n) is 15.6. The third-order valence-corrected chi connectivity index (χ3v) is 4.78. The van der Waals surface area contributed by atoms with Gasteiger partial charge in [-0.2, -0.15) is 0 Å². The number of aryl methyl sites for hydroxylation is 2. The van der Waals surface area contributed by atoms with E-state index in [0.717, 1.165) is 4.88 Å². The van der Waals surface area contributed by atoms with Crippen LogP contribution in [0.4, 0.5) is 11.4 Å². The lowest BCUT2D eigenvalue weighted by molar-refractivity contribution is -0.384. The molecule has 0 spiro atoms. The molecule has 9 nitrogen and oxygen atoms in total. The first-order valence-corrected chi connectivity index (χ1v) is 9.42. The van der Waals surface area contributed by atoms with E-state index in [1.54, 1.807) is 19.9 Å². The lowest BCUT2D eigenvalue weighted by atomic mass is 10.2. The van der Waals surface area contributed by atoms with Crippen LogP contribution in [-0.4, -0.2) is 28.4 Å². The van der Waals surface area contributed by atoms with Gasteiger partial charge in [0.25, 0.3) is 11.6 Å². The molecule has 0 bridgehead atoms. The molecular weight excluding hydrogens is 398 g/mol. The van der Waals surface area contributed by atoms with Crippen molar-refractivity contribution >= 4 is 34.6 Å². The molecule has 0 aliphatic carbocycles. The van der Waals surface area contributed by atoms with Gasteiger partial charge in [-0.15, -0.1) is 11.3 Å². The number of rotatable bonds is 7. The van der Waals surface area contributed by atoms with E-state index < -0.39 is 23.4 Å². The molecule has 1 amide bonds. The maximum Gasteiger partial charge on any atom is 0.312 e. The van der Waals surface area contributed by atoms with Crippen LogP contribution in [0.2, 0.25) is 0 Å². The SMILES string of the molecule is Cc1ccc(NC(=O)COC(=O)Cc2nc(-c3cccs3)oc2C)c([N+](=O)[O-])c1. The van der Waals surface area contributed by atoms with Crippen LogP contribution in [0.15, 0.2) is 40.1 Å². The number of aromatic nitrogens is 1. The fourth-order valence-electron chi connectivity index (χ4n) is 2.52. The summed E-state index contributed by atoms with van der Waals surface area (Å²) in [5.74, 6) is -0.427. The van der Waals surface area contributed by atoms with E-state index in [4.69, 9.17) is 9.15 Å². The molecule has 0 fully saturated rings. The largest absolute Gasteiger partial charge is 0.455 e. The summed E-state index contributed by atoms with van der Waals surface area (Å²) in [6.45, 7) is 2.82. The van der Waals surface area contributed by atoms with Crippen molar-refractivity contribution in [1.82, 2.24) is 4.98 Å². The Morgan fingerprint density at radius 3 is 2.79 bits per heavy atom. The molecule has 0 aliphatic rings. The molecule has 0 saturated carbocycles. The maximum atomic E-state index is 12.0. The number of hydrogen-bond donors (Lipinski definition) is 1. The van der Waals surface area contributed by atoms with Gasteiger partial charge in [0.2, 0.25) is 5.89 Å². The molecule has 10 heteroatoms. The summed E-state index contributed by atoms with van der Waals surface area (Å²) in [5, 5.41) is 15.4. The van der Waals surface area contributed by atoms with E-state index in [9.17, 15) is 19.7 Å². The van der Waals surface area contributed by atoms with E-state index >= 15 is 0 Å². The number of nitro benzene ring substituents is 1. The van der Waals surface area contributed by atoms with Gasteiger partial charge in [0.15, 0.2) is 6.61 Å². The molecule has 0 atom stereocenters. The molecule has 150 valence electrons. The number of nitrogens with one attached hydrogen (secondary N) is 1. The Labute approximate surface area is 169 Å². The van der Waals surface area contributed by atoms with E-state index in [-0.39, 0.29) is 17.8 Å². The number of ether oxygens (including phenoxy) is 1. The second-order valence-corrected chi connectivity index (χ2v) is 7.11. The molecule has 0 unspecified atom stereocenters. The number of esters is 1. The molecule has 3 aromatic rings. The van der Waals surface area contributed by atoms with Gasteiger partial charge in [-0.25, -0.2) is 4.98 Å². The first-order chi connectivity index (χ1) is 13.8. The number of benzene rings is 1. The molecule has 0 radical (unpaired) electrons. The van der Waals surface area contributed by atoms with Crippen molar-refractivity contribution in [2.24, 2.45) is 0 Å². The van der Waals surface area contributed by atoms with Gasteiger partial charge in [0.1, 0.15) is 11.4 Å². The fourth-order valence-corrected chi connectivity index (χ4v) is 3.17. The van der Waals surface area contributed by atoms with Crippen molar-refractivity contribution < 1.29 is 23.7 Å². The van der Waals surface area contributed by atoms with Crippen molar-refractivity contribution in [3.63, 3.8) is 0 Å². The van der Waals surface area contributed by atoms with Crippen LogP contribution >= 0.6 is 11.3 Å². The van der Waals surface area contributed by atoms with Crippen molar-refractivity contribution in [2.45, 2.75) is 20.3 Å². The van der Waals surface area contributed by atoms with Gasteiger partial charge in [0.05, 0.1) is 21.9 Å². The number of thiophene rings is 1. The number of anilines is 1. The number of amides is 1. The number of hydrogen-bond acceptors (Lipinski definition) is 8. The predicted octanol–water partition coefficient (Wildman–Crippen LogP) is 3.65. The topological polar surface area (TPSA) is 125 Å². The Morgan fingerprint density at radius 2 is 2.10 bits per heavy atom. The smallest absolute Gasteiger partial charge is 0.312 e.